The largest absolute Gasteiger partial charge is 0.483 e. The first-order valence-corrected chi connectivity index (χ1v) is 10.6. The summed E-state index contributed by atoms with van der Waals surface area (Å²) in [5.74, 6) is 1.37. The summed E-state index contributed by atoms with van der Waals surface area (Å²) in [6.07, 6.45) is 5.55. The van der Waals surface area contributed by atoms with Crippen LogP contribution in [0.1, 0.15) is 53.6 Å². The average Bonchev–Trinajstić information content (AvgIpc) is 3.21. The molecule has 0 spiro atoms. The molecule has 6 nitrogen and oxygen atoms in total. The summed E-state index contributed by atoms with van der Waals surface area (Å²) in [4.78, 5) is 26.7. The number of hydrogen-bond donors (Lipinski definition) is 2. The molecular formula is C22H34ClN3O3. The van der Waals surface area contributed by atoms with Gasteiger partial charge in [-0.1, -0.05) is 0 Å². The molecule has 2 fully saturated rings. The Morgan fingerprint density at radius 1 is 1.17 bits per heavy atom. The van der Waals surface area contributed by atoms with Crippen LogP contribution in [0.5, 0.6) is 5.75 Å². The Morgan fingerprint density at radius 2 is 1.86 bits per heavy atom. The van der Waals surface area contributed by atoms with Crippen LogP contribution >= 0.6 is 12.4 Å². The molecule has 1 atom stereocenters. The molecule has 2 aliphatic rings. The van der Waals surface area contributed by atoms with E-state index in [1.807, 2.05) is 30.9 Å². The van der Waals surface area contributed by atoms with Gasteiger partial charge in [-0.05, 0) is 88.2 Å². The first kappa shape index (κ1) is 23.5. The summed E-state index contributed by atoms with van der Waals surface area (Å²) in [5.41, 5.74) is 2.42. The van der Waals surface area contributed by atoms with Crippen LogP contribution in [0, 0.1) is 19.8 Å². The summed E-state index contributed by atoms with van der Waals surface area (Å²) in [6, 6.07) is 3.69. The fourth-order valence-electron chi connectivity index (χ4n) is 4.13. The van der Waals surface area contributed by atoms with Crippen molar-refractivity contribution in [3.63, 3.8) is 0 Å². The third-order valence-corrected chi connectivity index (χ3v) is 5.77. The van der Waals surface area contributed by atoms with Crippen molar-refractivity contribution in [1.82, 2.24) is 15.5 Å². The fraction of sp³-hybridized carbons (Fsp3) is 0.636. The minimum absolute atomic E-state index is 0. The van der Waals surface area contributed by atoms with E-state index in [2.05, 4.69) is 10.6 Å². The second kappa shape index (κ2) is 11.4. The van der Waals surface area contributed by atoms with Gasteiger partial charge in [0.15, 0.2) is 6.61 Å². The number of piperidine rings is 1. The maximum Gasteiger partial charge on any atom is 0.260 e. The summed E-state index contributed by atoms with van der Waals surface area (Å²) in [5, 5.41) is 6.38. The third kappa shape index (κ3) is 6.61. The minimum Gasteiger partial charge on any atom is -0.483 e. The van der Waals surface area contributed by atoms with Crippen molar-refractivity contribution < 1.29 is 14.3 Å². The smallest absolute Gasteiger partial charge is 0.260 e. The molecule has 0 aliphatic carbocycles. The van der Waals surface area contributed by atoms with Gasteiger partial charge in [0.1, 0.15) is 5.75 Å². The van der Waals surface area contributed by atoms with Gasteiger partial charge in [0.2, 0.25) is 0 Å². The van der Waals surface area contributed by atoms with Gasteiger partial charge in [-0.15, -0.1) is 12.4 Å². The maximum atomic E-state index is 12.5. The van der Waals surface area contributed by atoms with Crippen molar-refractivity contribution in [3.8, 4) is 5.75 Å². The highest BCUT2D eigenvalue weighted by molar-refractivity contribution is 5.94. The number of amides is 2. The van der Waals surface area contributed by atoms with E-state index in [1.165, 1.54) is 12.8 Å². The van der Waals surface area contributed by atoms with Crippen LogP contribution in [0.2, 0.25) is 0 Å². The highest BCUT2D eigenvalue weighted by Crippen LogP contribution is 2.25. The van der Waals surface area contributed by atoms with Crippen molar-refractivity contribution in [3.05, 3.63) is 28.8 Å². The third-order valence-electron chi connectivity index (χ3n) is 5.77. The Balaban J connectivity index is 0.00000300. The SMILES string of the molecule is Cc1cc(C(=O)NCCC2CCNC2)cc(C)c1OCC(=O)N1CCCCC1.Cl. The summed E-state index contributed by atoms with van der Waals surface area (Å²) >= 11 is 0. The predicted octanol–water partition coefficient (Wildman–Crippen LogP) is 2.85. The standard InChI is InChI=1S/C22H33N3O3.ClH/c1-16-12-19(22(27)24-9-7-18-6-8-23-14-18)13-17(2)21(16)28-15-20(26)25-10-4-3-5-11-25;/h12-13,18,23H,3-11,14-15H2,1-2H3,(H,24,27);1H. The van der Waals surface area contributed by atoms with E-state index in [9.17, 15) is 9.59 Å². The predicted molar refractivity (Wildman–Crippen MR) is 117 cm³/mol. The van der Waals surface area contributed by atoms with Crippen LogP contribution in [0.25, 0.3) is 0 Å². The van der Waals surface area contributed by atoms with Crippen molar-refractivity contribution >= 4 is 24.2 Å². The lowest BCUT2D eigenvalue weighted by Crippen LogP contribution is -2.38. The monoisotopic (exact) mass is 423 g/mol. The van der Waals surface area contributed by atoms with E-state index < -0.39 is 0 Å². The van der Waals surface area contributed by atoms with Crippen LogP contribution in [-0.2, 0) is 4.79 Å². The van der Waals surface area contributed by atoms with Crippen molar-refractivity contribution in [1.29, 1.82) is 0 Å². The van der Waals surface area contributed by atoms with Crippen LogP contribution < -0.4 is 15.4 Å². The second-order valence-corrected chi connectivity index (χ2v) is 8.07. The van der Waals surface area contributed by atoms with E-state index >= 15 is 0 Å². The zero-order valence-electron chi connectivity index (χ0n) is 17.6. The van der Waals surface area contributed by atoms with Crippen molar-refractivity contribution in [2.45, 2.75) is 46.0 Å². The van der Waals surface area contributed by atoms with E-state index in [-0.39, 0.29) is 30.8 Å². The van der Waals surface area contributed by atoms with Crippen LogP contribution in [0.3, 0.4) is 0 Å². The molecule has 2 N–H and O–H groups in total. The quantitative estimate of drug-likeness (QED) is 0.707. The number of nitrogens with one attached hydrogen (secondary N) is 2. The molecule has 0 aromatic heterocycles. The molecular weight excluding hydrogens is 390 g/mol. The number of hydrogen-bond acceptors (Lipinski definition) is 4. The molecule has 2 saturated heterocycles. The Hall–Kier alpha value is -1.79. The summed E-state index contributed by atoms with van der Waals surface area (Å²) in [6.45, 7) is 8.40. The van der Waals surface area contributed by atoms with Crippen LogP contribution in [0.15, 0.2) is 12.1 Å². The topological polar surface area (TPSA) is 70.7 Å². The number of likely N-dealkylation sites (tertiary alicyclic amines) is 1. The Labute approximate surface area is 180 Å². The number of benzene rings is 1. The molecule has 2 heterocycles. The first-order valence-electron chi connectivity index (χ1n) is 10.6. The maximum absolute atomic E-state index is 12.5. The summed E-state index contributed by atoms with van der Waals surface area (Å²) in [7, 11) is 0. The van der Waals surface area contributed by atoms with Crippen molar-refractivity contribution in [2.75, 3.05) is 39.3 Å². The molecule has 0 radical (unpaired) electrons. The molecule has 7 heteroatoms. The molecule has 1 unspecified atom stereocenters. The number of ether oxygens (including phenoxy) is 1. The van der Waals surface area contributed by atoms with Gasteiger partial charge < -0.3 is 20.3 Å². The molecule has 0 bridgehead atoms. The van der Waals surface area contributed by atoms with Crippen LogP contribution in [-0.4, -0.2) is 56.0 Å². The van der Waals surface area contributed by atoms with Crippen LogP contribution in [0.4, 0.5) is 0 Å². The lowest BCUT2D eigenvalue weighted by molar-refractivity contribution is -0.134. The number of rotatable bonds is 7. The Bertz CT molecular complexity index is 676. The van der Waals surface area contributed by atoms with Gasteiger partial charge in [0.05, 0.1) is 0 Å². The molecule has 2 aliphatic heterocycles. The van der Waals surface area contributed by atoms with E-state index in [0.717, 1.165) is 56.6 Å². The van der Waals surface area contributed by atoms with Gasteiger partial charge in [-0.25, -0.2) is 0 Å². The lowest BCUT2D eigenvalue weighted by Gasteiger charge is -2.26. The number of nitrogens with zero attached hydrogens (tertiary/aromatic N) is 1. The van der Waals surface area contributed by atoms with Gasteiger partial charge in [0.25, 0.3) is 11.8 Å². The fourth-order valence-corrected chi connectivity index (χ4v) is 4.13. The number of carbonyl (C=O) groups excluding carboxylic acids is 2. The summed E-state index contributed by atoms with van der Waals surface area (Å²) < 4.78 is 5.84. The molecule has 0 saturated carbocycles. The molecule has 1 aromatic carbocycles. The van der Waals surface area contributed by atoms with Crippen molar-refractivity contribution in [2.24, 2.45) is 5.92 Å². The van der Waals surface area contributed by atoms with E-state index in [4.69, 9.17) is 4.74 Å². The Morgan fingerprint density at radius 3 is 2.48 bits per heavy atom. The minimum atomic E-state index is -0.0481. The highest BCUT2D eigenvalue weighted by Gasteiger charge is 2.19. The van der Waals surface area contributed by atoms with Gasteiger partial charge in [0, 0.05) is 25.2 Å². The highest BCUT2D eigenvalue weighted by atomic mass is 35.5. The van der Waals surface area contributed by atoms with E-state index in [1.54, 1.807) is 0 Å². The first-order chi connectivity index (χ1) is 13.5. The normalized spacial score (nSPS) is 18.8. The zero-order chi connectivity index (χ0) is 19.9. The molecule has 29 heavy (non-hydrogen) atoms. The average molecular weight is 424 g/mol. The number of carbonyl (C=O) groups is 2. The Kier molecular flexibility index (Phi) is 9.24. The second-order valence-electron chi connectivity index (χ2n) is 8.07. The number of halogens is 1. The molecule has 2 amide bonds. The van der Waals surface area contributed by atoms with Gasteiger partial charge in [-0.3, -0.25) is 9.59 Å². The van der Waals surface area contributed by atoms with Gasteiger partial charge in [-0.2, -0.15) is 0 Å². The zero-order valence-corrected chi connectivity index (χ0v) is 18.4. The molecule has 1 aromatic rings. The molecule has 162 valence electrons. The van der Waals surface area contributed by atoms with E-state index in [0.29, 0.717) is 23.8 Å². The lowest BCUT2D eigenvalue weighted by atomic mass is 10.0. The van der Waals surface area contributed by atoms with Gasteiger partial charge >= 0.3 is 0 Å². The number of aryl methyl sites for hydroxylation is 2. The molecule has 3 rings (SSSR count).